The Kier molecular flexibility index (Phi) is 5.38. The van der Waals surface area contributed by atoms with E-state index in [-0.39, 0.29) is 30.4 Å². The lowest BCUT2D eigenvalue weighted by atomic mass is 10.1. The zero-order valence-electron chi connectivity index (χ0n) is 16.8. The van der Waals surface area contributed by atoms with Gasteiger partial charge in [0.25, 0.3) is 11.5 Å². The van der Waals surface area contributed by atoms with Crippen LogP contribution in [0.3, 0.4) is 0 Å². The molecule has 0 aliphatic heterocycles. The summed E-state index contributed by atoms with van der Waals surface area (Å²) in [6, 6.07) is 14.5. The largest absolute Gasteiger partial charge is 0.343 e. The molecule has 4 aromatic rings. The van der Waals surface area contributed by atoms with Gasteiger partial charge in [-0.1, -0.05) is 41.9 Å². The maximum atomic E-state index is 12.9. The second kappa shape index (κ2) is 8.28. The number of aromatic nitrogens is 4. The second-order valence-corrected chi connectivity index (χ2v) is 6.94. The first-order chi connectivity index (χ1) is 14.5. The summed E-state index contributed by atoms with van der Waals surface area (Å²) in [6.45, 7) is 4.15. The van der Waals surface area contributed by atoms with Gasteiger partial charge in [-0.05, 0) is 31.2 Å². The van der Waals surface area contributed by atoms with Crippen molar-refractivity contribution in [3.63, 3.8) is 0 Å². The summed E-state index contributed by atoms with van der Waals surface area (Å²) in [4.78, 5) is 34.0. The molecule has 2 aromatic heterocycles. The van der Waals surface area contributed by atoms with Crippen molar-refractivity contribution >= 4 is 16.8 Å². The van der Waals surface area contributed by atoms with E-state index in [1.165, 1.54) is 0 Å². The number of hydrogen-bond acceptors (Lipinski definition) is 6. The van der Waals surface area contributed by atoms with Gasteiger partial charge in [-0.3, -0.25) is 14.2 Å². The number of fused-ring (bicyclic) bond motifs is 1. The molecule has 0 aliphatic carbocycles. The van der Waals surface area contributed by atoms with E-state index >= 15 is 0 Å². The zero-order chi connectivity index (χ0) is 21.1. The highest BCUT2D eigenvalue weighted by molar-refractivity contribution is 5.94. The van der Waals surface area contributed by atoms with Crippen molar-refractivity contribution < 1.29 is 9.32 Å². The van der Waals surface area contributed by atoms with Crippen LogP contribution in [0.2, 0.25) is 0 Å². The highest BCUT2D eigenvalue weighted by atomic mass is 16.5. The molecule has 1 amide bonds. The van der Waals surface area contributed by atoms with Crippen molar-refractivity contribution in [3.05, 3.63) is 87.6 Å². The van der Waals surface area contributed by atoms with Crippen molar-refractivity contribution in [3.8, 4) is 0 Å². The predicted molar refractivity (Wildman–Crippen MR) is 111 cm³/mol. The minimum Gasteiger partial charge on any atom is -0.343 e. The van der Waals surface area contributed by atoms with Crippen LogP contribution in [0.4, 0.5) is 0 Å². The SMILES string of the molecule is CCc1nc2ccccc2c(=O)n1Cc1noc(CNC(=O)c2ccc(C)cc2)n1. The number of benzene rings is 2. The summed E-state index contributed by atoms with van der Waals surface area (Å²) in [5, 5.41) is 7.24. The molecule has 8 nitrogen and oxygen atoms in total. The summed E-state index contributed by atoms with van der Waals surface area (Å²) >= 11 is 0. The predicted octanol–water partition coefficient (Wildman–Crippen LogP) is 2.63. The third kappa shape index (κ3) is 3.98. The Morgan fingerprint density at radius 1 is 1.10 bits per heavy atom. The Hall–Kier alpha value is -3.81. The van der Waals surface area contributed by atoms with Crippen LogP contribution >= 0.6 is 0 Å². The third-order valence-corrected chi connectivity index (χ3v) is 4.78. The van der Waals surface area contributed by atoms with Crippen molar-refractivity contribution in [1.29, 1.82) is 0 Å². The quantitative estimate of drug-likeness (QED) is 0.531. The van der Waals surface area contributed by atoms with E-state index in [9.17, 15) is 9.59 Å². The van der Waals surface area contributed by atoms with E-state index in [2.05, 4.69) is 20.4 Å². The van der Waals surface area contributed by atoms with Gasteiger partial charge >= 0.3 is 0 Å². The van der Waals surface area contributed by atoms with Crippen molar-refractivity contribution in [2.45, 2.75) is 33.4 Å². The first-order valence-corrected chi connectivity index (χ1v) is 9.70. The van der Waals surface area contributed by atoms with Gasteiger partial charge in [0.2, 0.25) is 5.89 Å². The molecular weight excluding hydrogens is 382 g/mol. The number of amides is 1. The normalized spacial score (nSPS) is 11.0. The molecule has 0 radical (unpaired) electrons. The second-order valence-electron chi connectivity index (χ2n) is 6.94. The fraction of sp³-hybridized carbons (Fsp3) is 0.227. The average Bonchev–Trinajstić information content (AvgIpc) is 3.22. The van der Waals surface area contributed by atoms with Gasteiger partial charge in [0.15, 0.2) is 5.82 Å². The molecular formula is C22H21N5O3. The van der Waals surface area contributed by atoms with Gasteiger partial charge in [0.1, 0.15) is 5.82 Å². The molecule has 2 aromatic carbocycles. The lowest BCUT2D eigenvalue weighted by molar-refractivity contribution is 0.0946. The number of para-hydroxylation sites is 1. The maximum absolute atomic E-state index is 12.9. The van der Waals surface area contributed by atoms with E-state index in [1.54, 1.807) is 22.8 Å². The molecule has 152 valence electrons. The molecule has 0 spiro atoms. The maximum Gasteiger partial charge on any atom is 0.261 e. The topological polar surface area (TPSA) is 103 Å². The minimum absolute atomic E-state index is 0.102. The lowest BCUT2D eigenvalue weighted by Crippen LogP contribution is -2.26. The van der Waals surface area contributed by atoms with Crippen LogP contribution < -0.4 is 10.9 Å². The number of rotatable bonds is 6. The molecule has 0 saturated heterocycles. The van der Waals surface area contributed by atoms with Crippen LogP contribution in [0.1, 0.15) is 40.4 Å². The van der Waals surface area contributed by atoms with Crippen molar-refractivity contribution in [1.82, 2.24) is 25.0 Å². The van der Waals surface area contributed by atoms with Crippen LogP contribution in [-0.2, 0) is 19.5 Å². The first-order valence-electron chi connectivity index (χ1n) is 9.70. The molecule has 4 rings (SSSR count). The Morgan fingerprint density at radius 2 is 1.87 bits per heavy atom. The smallest absolute Gasteiger partial charge is 0.261 e. The number of carbonyl (C=O) groups is 1. The summed E-state index contributed by atoms with van der Waals surface area (Å²) in [7, 11) is 0. The van der Waals surface area contributed by atoms with Crippen LogP contribution in [0, 0.1) is 6.92 Å². The van der Waals surface area contributed by atoms with E-state index < -0.39 is 0 Å². The Morgan fingerprint density at radius 3 is 2.63 bits per heavy atom. The van der Waals surface area contributed by atoms with Gasteiger partial charge < -0.3 is 9.84 Å². The van der Waals surface area contributed by atoms with Crippen molar-refractivity contribution in [2.24, 2.45) is 0 Å². The van der Waals surface area contributed by atoms with Crippen LogP contribution in [0.15, 0.2) is 57.8 Å². The molecule has 30 heavy (non-hydrogen) atoms. The zero-order valence-corrected chi connectivity index (χ0v) is 16.8. The van der Waals surface area contributed by atoms with E-state index in [1.807, 2.05) is 44.2 Å². The number of nitrogens with one attached hydrogen (secondary N) is 1. The molecule has 0 bridgehead atoms. The summed E-state index contributed by atoms with van der Waals surface area (Å²) < 4.78 is 6.79. The first kappa shape index (κ1) is 19.5. The fourth-order valence-corrected chi connectivity index (χ4v) is 3.18. The highest BCUT2D eigenvalue weighted by Gasteiger charge is 2.14. The number of aryl methyl sites for hydroxylation is 2. The Bertz CT molecular complexity index is 1260. The molecule has 0 atom stereocenters. The number of carbonyl (C=O) groups excluding carboxylic acids is 1. The summed E-state index contributed by atoms with van der Waals surface area (Å²) in [5.74, 6) is 1.05. The van der Waals surface area contributed by atoms with E-state index in [0.29, 0.717) is 34.5 Å². The van der Waals surface area contributed by atoms with Gasteiger partial charge in [-0.2, -0.15) is 4.98 Å². The Labute approximate surface area is 172 Å². The van der Waals surface area contributed by atoms with Gasteiger partial charge in [-0.25, -0.2) is 4.98 Å². The molecule has 0 saturated carbocycles. The standard InChI is InChI=1S/C22H21N5O3/c1-3-19-24-17-7-5-4-6-16(17)22(29)27(19)13-18-25-20(30-26-18)12-23-21(28)15-10-8-14(2)9-11-15/h4-11H,3,12-13H2,1-2H3,(H,23,28). The van der Waals surface area contributed by atoms with E-state index in [0.717, 1.165) is 5.56 Å². The fourth-order valence-electron chi connectivity index (χ4n) is 3.18. The molecule has 8 heteroatoms. The molecule has 2 heterocycles. The minimum atomic E-state index is -0.224. The van der Waals surface area contributed by atoms with Gasteiger partial charge in [-0.15, -0.1) is 0 Å². The van der Waals surface area contributed by atoms with Crippen molar-refractivity contribution in [2.75, 3.05) is 0 Å². The summed E-state index contributed by atoms with van der Waals surface area (Å²) in [6.07, 6.45) is 0.595. The van der Waals surface area contributed by atoms with Gasteiger partial charge in [0, 0.05) is 12.0 Å². The van der Waals surface area contributed by atoms with Crippen LogP contribution in [0.25, 0.3) is 10.9 Å². The van der Waals surface area contributed by atoms with Gasteiger partial charge in [0.05, 0.1) is 24.0 Å². The monoisotopic (exact) mass is 403 g/mol. The molecule has 0 unspecified atom stereocenters. The van der Waals surface area contributed by atoms with Crippen LogP contribution in [-0.4, -0.2) is 25.6 Å². The summed E-state index contributed by atoms with van der Waals surface area (Å²) in [5.41, 5.74) is 2.17. The molecule has 1 N–H and O–H groups in total. The highest BCUT2D eigenvalue weighted by Crippen LogP contribution is 2.10. The lowest BCUT2D eigenvalue weighted by Gasteiger charge is -2.10. The molecule has 0 fully saturated rings. The van der Waals surface area contributed by atoms with E-state index in [4.69, 9.17) is 4.52 Å². The van der Waals surface area contributed by atoms with Crippen LogP contribution in [0.5, 0.6) is 0 Å². The number of hydrogen-bond donors (Lipinski definition) is 1. The number of nitrogens with zero attached hydrogens (tertiary/aromatic N) is 4. The third-order valence-electron chi connectivity index (χ3n) is 4.78. The Balaban J connectivity index is 1.50. The molecule has 0 aliphatic rings. The average molecular weight is 403 g/mol.